The van der Waals surface area contributed by atoms with E-state index in [1.807, 2.05) is 0 Å². The smallest absolute Gasteiger partial charge is 0.189 e. The third-order valence-corrected chi connectivity index (χ3v) is 3.02. The second kappa shape index (κ2) is 6.61. The van der Waals surface area contributed by atoms with Crippen molar-refractivity contribution in [2.75, 3.05) is 14.2 Å². The van der Waals surface area contributed by atoms with Crippen molar-refractivity contribution in [1.82, 2.24) is 0 Å². The molecule has 0 aromatic heterocycles. The molecule has 21 heavy (non-hydrogen) atoms. The Kier molecular flexibility index (Phi) is 4.61. The molecule has 0 saturated carbocycles. The summed E-state index contributed by atoms with van der Waals surface area (Å²) in [4.78, 5) is 12.1. The van der Waals surface area contributed by atoms with Crippen LogP contribution >= 0.6 is 0 Å². The largest absolute Gasteiger partial charge is 0.507 e. The normalized spacial score (nSPS) is 10.6. The van der Waals surface area contributed by atoms with E-state index in [2.05, 4.69) is 0 Å². The summed E-state index contributed by atoms with van der Waals surface area (Å²) in [5.74, 6) is 0.991. The van der Waals surface area contributed by atoms with Gasteiger partial charge in [-0.15, -0.1) is 0 Å². The Balaban J connectivity index is 2.29. The SMILES string of the molecule is COc1ccc(OC)c(C=CC(=O)c2ccccc2O)c1. The van der Waals surface area contributed by atoms with Gasteiger partial charge < -0.3 is 14.6 Å². The molecule has 0 atom stereocenters. The number of methoxy groups -OCH3 is 2. The molecular weight excluding hydrogens is 268 g/mol. The van der Waals surface area contributed by atoms with Crippen molar-refractivity contribution in [2.45, 2.75) is 0 Å². The van der Waals surface area contributed by atoms with Crippen LogP contribution < -0.4 is 9.47 Å². The van der Waals surface area contributed by atoms with E-state index in [4.69, 9.17) is 9.47 Å². The highest BCUT2D eigenvalue weighted by Crippen LogP contribution is 2.25. The van der Waals surface area contributed by atoms with Crippen molar-refractivity contribution >= 4 is 11.9 Å². The number of hydrogen-bond donors (Lipinski definition) is 1. The molecule has 0 spiro atoms. The molecule has 0 fully saturated rings. The Morgan fingerprint density at radius 1 is 1.10 bits per heavy atom. The number of carbonyl (C=O) groups excluding carboxylic acids is 1. The first-order valence-electron chi connectivity index (χ1n) is 6.38. The van der Waals surface area contributed by atoms with Crippen molar-refractivity contribution in [1.29, 1.82) is 0 Å². The topological polar surface area (TPSA) is 55.8 Å². The lowest BCUT2D eigenvalue weighted by molar-refractivity contribution is 0.104. The third-order valence-electron chi connectivity index (χ3n) is 3.02. The van der Waals surface area contributed by atoms with Crippen molar-refractivity contribution in [3.8, 4) is 17.2 Å². The van der Waals surface area contributed by atoms with Gasteiger partial charge in [-0.05, 0) is 42.5 Å². The highest BCUT2D eigenvalue weighted by atomic mass is 16.5. The Morgan fingerprint density at radius 3 is 2.52 bits per heavy atom. The molecule has 2 aromatic rings. The number of allylic oxidation sites excluding steroid dienone is 1. The van der Waals surface area contributed by atoms with Crippen LogP contribution in [0, 0.1) is 0 Å². The zero-order chi connectivity index (χ0) is 15.2. The maximum atomic E-state index is 12.1. The predicted molar refractivity (Wildman–Crippen MR) is 81.0 cm³/mol. The summed E-state index contributed by atoms with van der Waals surface area (Å²) in [6.45, 7) is 0. The fourth-order valence-corrected chi connectivity index (χ4v) is 1.91. The molecule has 0 bridgehead atoms. The number of hydrogen-bond acceptors (Lipinski definition) is 4. The second-order valence-electron chi connectivity index (χ2n) is 4.32. The first-order chi connectivity index (χ1) is 10.2. The van der Waals surface area contributed by atoms with Crippen LogP contribution in [0.2, 0.25) is 0 Å². The van der Waals surface area contributed by atoms with E-state index >= 15 is 0 Å². The van der Waals surface area contributed by atoms with Gasteiger partial charge in [0.15, 0.2) is 5.78 Å². The molecule has 2 rings (SSSR count). The molecule has 0 aliphatic carbocycles. The van der Waals surface area contributed by atoms with Gasteiger partial charge in [-0.3, -0.25) is 4.79 Å². The minimum atomic E-state index is -0.280. The number of phenolic OH excluding ortho intramolecular Hbond substituents is 1. The zero-order valence-corrected chi connectivity index (χ0v) is 11.9. The lowest BCUT2D eigenvalue weighted by atomic mass is 10.1. The van der Waals surface area contributed by atoms with E-state index in [1.54, 1.807) is 56.7 Å². The van der Waals surface area contributed by atoms with Crippen molar-refractivity contribution in [2.24, 2.45) is 0 Å². The van der Waals surface area contributed by atoms with Gasteiger partial charge in [0, 0.05) is 5.56 Å². The summed E-state index contributed by atoms with van der Waals surface area (Å²) in [5.41, 5.74) is 0.983. The number of para-hydroxylation sites is 1. The van der Waals surface area contributed by atoms with Gasteiger partial charge in [-0.2, -0.15) is 0 Å². The van der Waals surface area contributed by atoms with Crippen LogP contribution in [-0.4, -0.2) is 25.1 Å². The van der Waals surface area contributed by atoms with Crippen molar-refractivity contribution in [3.63, 3.8) is 0 Å². The van der Waals surface area contributed by atoms with E-state index in [9.17, 15) is 9.90 Å². The number of ether oxygens (including phenoxy) is 2. The summed E-state index contributed by atoms with van der Waals surface area (Å²) in [6, 6.07) is 11.7. The number of aromatic hydroxyl groups is 1. The van der Waals surface area contributed by atoms with E-state index in [0.29, 0.717) is 11.5 Å². The van der Waals surface area contributed by atoms with Gasteiger partial charge in [0.05, 0.1) is 19.8 Å². The molecule has 0 aliphatic heterocycles. The second-order valence-corrected chi connectivity index (χ2v) is 4.32. The summed E-state index contributed by atoms with van der Waals surface area (Å²) >= 11 is 0. The van der Waals surface area contributed by atoms with Crippen LogP contribution in [0.4, 0.5) is 0 Å². The monoisotopic (exact) mass is 284 g/mol. The molecule has 1 N–H and O–H groups in total. The summed E-state index contributed by atoms with van der Waals surface area (Å²) in [7, 11) is 3.13. The average Bonchev–Trinajstić information content (AvgIpc) is 2.52. The van der Waals surface area contributed by atoms with Crippen molar-refractivity contribution < 1.29 is 19.4 Å². The van der Waals surface area contributed by atoms with Gasteiger partial charge >= 0.3 is 0 Å². The molecule has 4 heteroatoms. The molecule has 0 aliphatic rings. The molecule has 0 unspecified atom stereocenters. The van der Waals surface area contributed by atoms with Crippen molar-refractivity contribution in [3.05, 3.63) is 59.7 Å². The number of benzene rings is 2. The lowest BCUT2D eigenvalue weighted by Gasteiger charge is -2.07. The van der Waals surface area contributed by atoms with Gasteiger partial charge in [0.2, 0.25) is 0 Å². The molecule has 0 saturated heterocycles. The van der Waals surface area contributed by atoms with Gasteiger partial charge in [-0.25, -0.2) is 0 Å². The fraction of sp³-hybridized carbons (Fsp3) is 0.118. The molecule has 0 amide bonds. The minimum absolute atomic E-state index is 0.0373. The average molecular weight is 284 g/mol. The quantitative estimate of drug-likeness (QED) is 0.676. The number of phenols is 1. The Hall–Kier alpha value is -2.75. The molecule has 4 nitrogen and oxygen atoms in total. The number of ketones is 1. The third kappa shape index (κ3) is 3.42. The molecule has 2 aromatic carbocycles. The highest BCUT2D eigenvalue weighted by Gasteiger charge is 2.08. The molecular formula is C17H16O4. The molecule has 0 radical (unpaired) electrons. The van der Waals surface area contributed by atoms with E-state index in [1.165, 1.54) is 12.1 Å². The predicted octanol–water partition coefficient (Wildman–Crippen LogP) is 3.31. The summed E-state index contributed by atoms with van der Waals surface area (Å²) in [5, 5.41) is 9.66. The Bertz CT molecular complexity index is 674. The maximum Gasteiger partial charge on any atom is 0.189 e. The number of carbonyl (C=O) groups is 1. The Labute approximate surface area is 123 Å². The van der Waals surface area contributed by atoms with Gasteiger partial charge in [0.1, 0.15) is 17.2 Å². The van der Waals surface area contributed by atoms with Crippen LogP contribution in [-0.2, 0) is 0 Å². The fourth-order valence-electron chi connectivity index (χ4n) is 1.91. The van der Waals surface area contributed by atoms with Crippen LogP contribution in [0.15, 0.2) is 48.5 Å². The zero-order valence-electron chi connectivity index (χ0n) is 11.9. The van der Waals surface area contributed by atoms with Crippen LogP contribution in [0.25, 0.3) is 6.08 Å². The van der Waals surface area contributed by atoms with Gasteiger partial charge in [-0.1, -0.05) is 12.1 Å². The van der Waals surface area contributed by atoms with Crippen LogP contribution in [0.5, 0.6) is 17.2 Å². The van der Waals surface area contributed by atoms with Crippen LogP contribution in [0.3, 0.4) is 0 Å². The van der Waals surface area contributed by atoms with E-state index in [0.717, 1.165) is 5.56 Å². The van der Waals surface area contributed by atoms with E-state index in [-0.39, 0.29) is 17.1 Å². The standard InChI is InChI=1S/C17H16O4/c1-20-13-8-10-17(21-2)12(11-13)7-9-16(19)14-5-3-4-6-15(14)18/h3-11,18H,1-2H3. The lowest BCUT2D eigenvalue weighted by Crippen LogP contribution is -1.95. The first-order valence-corrected chi connectivity index (χ1v) is 6.38. The number of rotatable bonds is 5. The van der Waals surface area contributed by atoms with Gasteiger partial charge in [0.25, 0.3) is 0 Å². The van der Waals surface area contributed by atoms with Crippen LogP contribution in [0.1, 0.15) is 15.9 Å². The maximum absolute atomic E-state index is 12.1. The minimum Gasteiger partial charge on any atom is -0.507 e. The summed E-state index contributed by atoms with van der Waals surface area (Å²) in [6.07, 6.45) is 3.03. The molecule has 108 valence electrons. The first kappa shape index (κ1) is 14.7. The summed E-state index contributed by atoms with van der Waals surface area (Å²) < 4.78 is 10.4. The molecule has 0 heterocycles. The van der Waals surface area contributed by atoms with E-state index < -0.39 is 0 Å². The Morgan fingerprint density at radius 2 is 1.86 bits per heavy atom. The highest BCUT2D eigenvalue weighted by molar-refractivity contribution is 6.08.